The van der Waals surface area contributed by atoms with Gasteiger partial charge in [0.1, 0.15) is 13.2 Å². The molecule has 0 heterocycles. The number of esters is 3. The molecular formula is C70H120O6. The molecule has 0 aliphatic carbocycles. The summed E-state index contributed by atoms with van der Waals surface area (Å²) in [6.07, 6.45) is 86.0. The van der Waals surface area contributed by atoms with E-state index in [1.807, 2.05) is 6.08 Å². The second-order valence-electron chi connectivity index (χ2n) is 21.3. The largest absolute Gasteiger partial charge is 0.462 e. The van der Waals surface area contributed by atoms with Crippen molar-refractivity contribution in [2.45, 2.75) is 316 Å². The first kappa shape index (κ1) is 72.3. The van der Waals surface area contributed by atoms with Crippen LogP contribution in [0.5, 0.6) is 0 Å². The lowest BCUT2D eigenvalue weighted by atomic mass is 10.0. The lowest BCUT2D eigenvalue weighted by Gasteiger charge is -2.18. The monoisotopic (exact) mass is 1060 g/mol. The van der Waals surface area contributed by atoms with Gasteiger partial charge in [-0.1, -0.05) is 304 Å². The number of hydrogen-bond acceptors (Lipinski definition) is 6. The van der Waals surface area contributed by atoms with Crippen LogP contribution in [0.1, 0.15) is 310 Å². The minimum Gasteiger partial charge on any atom is -0.462 e. The molecule has 1 atom stereocenters. The molecule has 76 heavy (non-hydrogen) atoms. The summed E-state index contributed by atoms with van der Waals surface area (Å²) in [6, 6.07) is 0. The third kappa shape index (κ3) is 61.2. The molecule has 0 bridgehead atoms. The number of rotatable bonds is 58. The number of ether oxygens (including phenoxy) is 3. The Morgan fingerprint density at radius 2 is 0.553 bits per heavy atom. The van der Waals surface area contributed by atoms with Gasteiger partial charge in [-0.15, -0.1) is 0 Å². The molecule has 6 nitrogen and oxygen atoms in total. The van der Waals surface area contributed by atoms with Crippen LogP contribution in [0.25, 0.3) is 0 Å². The van der Waals surface area contributed by atoms with Crippen molar-refractivity contribution in [2.75, 3.05) is 13.2 Å². The van der Waals surface area contributed by atoms with E-state index < -0.39 is 12.1 Å². The van der Waals surface area contributed by atoms with Crippen LogP contribution in [-0.4, -0.2) is 37.2 Å². The van der Waals surface area contributed by atoms with Gasteiger partial charge in [-0.3, -0.25) is 14.4 Å². The maximum absolute atomic E-state index is 12.8. The number of allylic oxidation sites excluding steroid dienone is 15. The molecule has 0 aliphatic rings. The fourth-order valence-electron chi connectivity index (χ4n) is 9.06. The summed E-state index contributed by atoms with van der Waals surface area (Å²) >= 11 is 0. The van der Waals surface area contributed by atoms with Gasteiger partial charge < -0.3 is 14.2 Å². The highest BCUT2D eigenvalue weighted by molar-refractivity contribution is 5.72. The Balaban J connectivity index is 4.22. The van der Waals surface area contributed by atoms with Crippen LogP contribution in [0.4, 0.5) is 0 Å². The van der Waals surface area contributed by atoms with Crippen molar-refractivity contribution >= 4 is 17.9 Å². The van der Waals surface area contributed by atoms with E-state index in [0.29, 0.717) is 12.8 Å². The summed E-state index contributed by atoms with van der Waals surface area (Å²) in [5, 5.41) is 0. The van der Waals surface area contributed by atoms with Gasteiger partial charge in [0.25, 0.3) is 0 Å². The van der Waals surface area contributed by atoms with Crippen LogP contribution in [0, 0.1) is 0 Å². The van der Waals surface area contributed by atoms with Gasteiger partial charge in [0, 0.05) is 12.8 Å². The highest BCUT2D eigenvalue weighted by Crippen LogP contribution is 2.16. The molecule has 0 aromatic heterocycles. The van der Waals surface area contributed by atoms with E-state index in [4.69, 9.17) is 14.2 Å². The van der Waals surface area contributed by atoms with Crippen LogP contribution in [0.3, 0.4) is 0 Å². The topological polar surface area (TPSA) is 78.9 Å². The number of unbranched alkanes of at least 4 members (excludes halogenated alkanes) is 32. The van der Waals surface area contributed by atoms with Gasteiger partial charge in [0.15, 0.2) is 6.10 Å². The first-order valence-electron chi connectivity index (χ1n) is 32.2. The van der Waals surface area contributed by atoms with E-state index in [1.165, 1.54) is 186 Å². The van der Waals surface area contributed by atoms with E-state index in [-0.39, 0.29) is 31.6 Å². The number of carbonyl (C=O) groups is 3. The summed E-state index contributed by atoms with van der Waals surface area (Å²) in [7, 11) is 0. The van der Waals surface area contributed by atoms with Gasteiger partial charge in [0.2, 0.25) is 0 Å². The third-order valence-corrected chi connectivity index (χ3v) is 13.9. The van der Waals surface area contributed by atoms with Crippen LogP contribution >= 0.6 is 0 Å². The molecule has 0 saturated carbocycles. The Hall–Kier alpha value is -3.67. The third-order valence-electron chi connectivity index (χ3n) is 13.9. The zero-order chi connectivity index (χ0) is 55.0. The predicted molar refractivity (Wildman–Crippen MR) is 330 cm³/mol. The maximum Gasteiger partial charge on any atom is 0.310 e. The lowest BCUT2D eigenvalue weighted by molar-refractivity contribution is -0.166. The van der Waals surface area contributed by atoms with Crippen molar-refractivity contribution in [3.63, 3.8) is 0 Å². The van der Waals surface area contributed by atoms with Crippen molar-refractivity contribution in [3.8, 4) is 0 Å². The molecule has 0 amide bonds. The molecule has 6 heteroatoms. The standard InChI is InChI=1S/C70H120O6/c1-4-7-10-13-16-19-22-25-27-28-29-30-31-32-33-34-35-36-37-38-39-40-41-42-44-45-48-51-54-57-60-63-69(72)75-66-67(65-74-68(71)62-59-56-53-50-47-24-21-18-15-12-9-6-3)76-70(73)64-61-58-55-52-49-46-43-26-23-20-17-14-11-8-5-2/h8,11,17,20,22,25-26,28-29,31-32,43,49,52,58,61,67H,4-7,9-10,12-16,18-19,21,23-24,27,30,33-42,44-48,50-51,53-57,59-60,62-66H2,1-3H3/b11-8-,20-17-,25-22-,29-28-,32-31-,43-26-,52-49-,61-58-. The fourth-order valence-corrected chi connectivity index (χ4v) is 9.06. The number of hydrogen-bond donors (Lipinski definition) is 0. The molecule has 0 N–H and O–H groups in total. The van der Waals surface area contributed by atoms with Crippen molar-refractivity contribution < 1.29 is 28.6 Å². The van der Waals surface area contributed by atoms with Crippen LogP contribution in [0.15, 0.2) is 97.2 Å². The molecule has 0 spiro atoms. The fraction of sp³-hybridized carbons (Fsp3) is 0.729. The normalized spacial score (nSPS) is 12.7. The minimum atomic E-state index is -0.830. The van der Waals surface area contributed by atoms with Crippen LogP contribution in [0.2, 0.25) is 0 Å². The van der Waals surface area contributed by atoms with E-state index in [2.05, 4.69) is 106 Å². The average molecular weight is 1060 g/mol. The van der Waals surface area contributed by atoms with Crippen LogP contribution < -0.4 is 0 Å². The quantitative estimate of drug-likeness (QED) is 0.0261. The van der Waals surface area contributed by atoms with E-state index in [9.17, 15) is 14.4 Å². The maximum atomic E-state index is 12.8. The van der Waals surface area contributed by atoms with Gasteiger partial charge >= 0.3 is 17.9 Å². The summed E-state index contributed by atoms with van der Waals surface area (Å²) in [5.41, 5.74) is 0. The van der Waals surface area contributed by atoms with Crippen LogP contribution in [-0.2, 0) is 28.6 Å². The van der Waals surface area contributed by atoms with Gasteiger partial charge in [-0.05, 0) is 83.5 Å². The molecule has 0 aromatic rings. The molecule has 0 radical (unpaired) electrons. The van der Waals surface area contributed by atoms with Crippen molar-refractivity contribution in [3.05, 3.63) is 97.2 Å². The van der Waals surface area contributed by atoms with Crippen molar-refractivity contribution in [1.82, 2.24) is 0 Å². The highest BCUT2D eigenvalue weighted by Gasteiger charge is 2.19. The van der Waals surface area contributed by atoms with Crippen molar-refractivity contribution in [1.29, 1.82) is 0 Å². The van der Waals surface area contributed by atoms with E-state index in [1.54, 1.807) is 6.08 Å². The Kier molecular flexibility index (Phi) is 60.8. The Labute approximate surface area is 470 Å². The molecule has 0 saturated heterocycles. The second-order valence-corrected chi connectivity index (χ2v) is 21.3. The Morgan fingerprint density at radius 3 is 0.868 bits per heavy atom. The van der Waals surface area contributed by atoms with E-state index in [0.717, 1.165) is 83.5 Å². The van der Waals surface area contributed by atoms with Gasteiger partial charge in [-0.2, -0.15) is 0 Å². The predicted octanol–water partition coefficient (Wildman–Crippen LogP) is 22.0. The molecule has 436 valence electrons. The summed E-state index contributed by atoms with van der Waals surface area (Å²) < 4.78 is 16.8. The Bertz CT molecular complexity index is 1490. The average Bonchev–Trinajstić information content (AvgIpc) is 3.42. The zero-order valence-electron chi connectivity index (χ0n) is 50.0. The molecular weight excluding hydrogens is 937 g/mol. The van der Waals surface area contributed by atoms with Gasteiger partial charge in [-0.25, -0.2) is 0 Å². The SMILES string of the molecule is CC/C=C\C/C=C\C/C=C\C/C=C\C/C=C\CC(=O)OC(COC(=O)CCCCCCCCCCCCCC)COC(=O)CCCCCCCCCCCCCCCCCC/C=C\C/C=C\C/C=C\CCCCCCC. The molecule has 0 aromatic carbocycles. The van der Waals surface area contributed by atoms with E-state index >= 15 is 0 Å². The second kappa shape index (κ2) is 63.9. The summed E-state index contributed by atoms with van der Waals surface area (Å²) in [6.45, 7) is 6.45. The summed E-state index contributed by atoms with van der Waals surface area (Å²) in [5.74, 6) is -1.03. The van der Waals surface area contributed by atoms with Crippen molar-refractivity contribution in [2.24, 2.45) is 0 Å². The molecule has 1 unspecified atom stereocenters. The first-order valence-corrected chi connectivity index (χ1v) is 32.2. The van der Waals surface area contributed by atoms with Gasteiger partial charge in [0.05, 0.1) is 6.42 Å². The molecule has 0 fully saturated rings. The summed E-state index contributed by atoms with van der Waals surface area (Å²) in [4.78, 5) is 38.1. The molecule has 0 rings (SSSR count). The smallest absolute Gasteiger partial charge is 0.310 e. The Morgan fingerprint density at radius 1 is 0.289 bits per heavy atom. The highest BCUT2D eigenvalue weighted by atomic mass is 16.6. The number of carbonyl (C=O) groups excluding carboxylic acids is 3. The first-order chi connectivity index (χ1) is 37.5. The molecule has 0 aliphatic heterocycles. The zero-order valence-corrected chi connectivity index (χ0v) is 50.0. The lowest BCUT2D eigenvalue weighted by Crippen LogP contribution is -2.30. The minimum absolute atomic E-state index is 0.0981.